The van der Waals surface area contributed by atoms with E-state index in [2.05, 4.69) is 35.9 Å². The average Bonchev–Trinajstić information content (AvgIpc) is 3.43. The Morgan fingerprint density at radius 1 is 0.927 bits per heavy atom. The molecule has 5 rings (SSSR count). The van der Waals surface area contributed by atoms with Gasteiger partial charge in [0.15, 0.2) is 0 Å². The van der Waals surface area contributed by atoms with Crippen LogP contribution in [0, 0.1) is 6.92 Å². The quantitative estimate of drug-likeness (QED) is 0.183. The summed E-state index contributed by atoms with van der Waals surface area (Å²) in [4.78, 5) is 43.3. The van der Waals surface area contributed by atoms with Gasteiger partial charge in [-0.2, -0.15) is 0 Å². The standard InChI is InChI=1S/C31H30N8O2/c1-20-6-9-25(37-31(41)21-7-10-24(11-8-21)36-29(40)5-4-14-39(2)3)16-26(20)38-28-17-27(34-19-35-28)23-15-22-12-13-32-30(22)33-18-23/h4-13,15-19H,14H2,1-3H3,(H,32,33)(H,36,40)(H,37,41)(H,34,35,38)/b5-4+. The molecule has 3 heterocycles. The van der Waals surface area contributed by atoms with Gasteiger partial charge >= 0.3 is 0 Å². The number of hydrogen-bond acceptors (Lipinski definition) is 7. The number of nitrogens with zero attached hydrogens (tertiary/aromatic N) is 4. The van der Waals surface area contributed by atoms with Crippen LogP contribution in [-0.4, -0.2) is 57.3 Å². The number of H-pyrrole nitrogens is 1. The van der Waals surface area contributed by atoms with Gasteiger partial charge in [0.2, 0.25) is 5.91 Å². The molecule has 0 saturated heterocycles. The van der Waals surface area contributed by atoms with Gasteiger partial charge in [-0.25, -0.2) is 15.0 Å². The highest BCUT2D eigenvalue weighted by atomic mass is 16.2. The average molecular weight is 547 g/mol. The van der Waals surface area contributed by atoms with Crippen LogP contribution in [0.25, 0.3) is 22.3 Å². The number of pyridine rings is 1. The number of likely N-dealkylation sites (N-methyl/N-ethyl adjacent to an activating group) is 1. The molecule has 10 nitrogen and oxygen atoms in total. The summed E-state index contributed by atoms with van der Waals surface area (Å²) in [5.41, 5.74) is 5.93. The van der Waals surface area contributed by atoms with Gasteiger partial charge in [0.25, 0.3) is 5.91 Å². The molecular weight excluding hydrogens is 516 g/mol. The van der Waals surface area contributed by atoms with Crippen LogP contribution < -0.4 is 16.0 Å². The summed E-state index contributed by atoms with van der Waals surface area (Å²) < 4.78 is 0. The lowest BCUT2D eigenvalue weighted by molar-refractivity contribution is -0.111. The zero-order valence-corrected chi connectivity index (χ0v) is 23.0. The molecule has 10 heteroatoms. The number of hydrogen-bond donors (Lipinski definition) is 4. The lowest BCUT2D eigenvalue weighted by Crippen LogP contribution is -2.14. The van der Waals surface area contributed by atoms with Gasteiger partial charge in [-0.05, 0) is 75.1 Å². The van der Waals surface area contributed by atoms with E-state index in [0.29, 0.717) is 29.3 Å². The van der Waals surface area contributed by atoms with Crippen LogP contribution in [0.1, 0.15) is 15.9 Å². The lowest BCUT2D eigenvalue weighted by atomic mass is 10.1. The van der Waals surface area contributed by atoms with Crippen LogP contribution in [-0.2, 0) is 4.79 Å². The molecule has 0 aliphatic heterocycles. The van der Waals surface area contributed by atoms with Crippen molar-refractivity contribution in [3.63, 3.8) is 0 Å². The molecule has 2 aromatic carbocycles. The summed E-state index contributed by atoms with van der Waals surface area (Å²) in [5, 5.41) is 10.1. The molecule has 2 amide bonds. The summed E-state index contributed by atoms with van der Waals surface area (Å²) in [5.74, 6) is 0.128. The van der Waals surface area contributed by atoms with Crippen LogP contribution in [0.4, 0.5) is 22.9 Å². The van der Waals surface area contributed by atoms with Crippen molar-refractivity contribution in [3.05, 3.63) is 103 Å². The molecule has 0 aliphatic carbocycles. The molecule has 5 aromatic rings. The van der Waals surface area contributed by atoms with Crippen LogP contribution >= 0.6 is 0 Å². The van der Waals surface area contributed by atoms with E-state index in [-0.39, 0.29) is 11.8 Å². The molecule has 3 aromatic heterocycles. The summed E-state index contributed by atoms with van der Waals surface area (Å²) in [6.07, 6.45) is 8.41. The van der Waals surface area contributed by atoms with Gasteiger partial charge in [-0.3, -0.25) is 9.59 Å². The van der Waals surface area contributed by atoms with E-state index in [4.69, 9.17) is 0 Å². The number of carbonyl (C=O) groups excluding carboxylic acids is 2. The van der Waals surface area contributed by atoms with E-state index in [1.807, 2.05) is 68.5 Å². The smallest absolute Gasteiger partial charge is 0.255 e. The van der Waals surface area contributed by atoms with Gasteiger partial charge < -0.3 is 25.8 Å². The maximum atomic E-state index is 12.9. The number of rotatable bonds is 9. The third-order valence-electron chi connectivity index (χ3n) is 6.28. The van der Waals surface area contributed by atoms with Crippen molar-refractivity contribution >= 4 is 45.7 Å². The largest absolute Gasteiger partial charge is 0.346 e. The molecule has 0 atom stereocenters. The van der Waals surface area contributed by atoms with Gasteiger partial charge in [-0.1, -0.05) is 12.1 Å². The van der Waals surface area contributed by atoms with Crippen molar-refractivity contribution in [3.8, 4) is 11.3 Å². The number of aromatic nitrogens is 4. The number of anilines is 4. The first-order valence-corrected chi connectivity index (χ1v) is 13.0. The Morgan fingerprint density at radius 3 is 2.54 bits per heavy atom. The summed E-state index contributed by atoms with van der Waals surface area (Å²) in [6, 6.07) is 18.2. The highest BCUT2D eigenvalue weighted by Crippen LogP contribution is 2.26. The second-order valence-electron chi connectivity index (χ2n) is 9.77. The summed E-state index contributed by atoms with van der Waals surface area (Å²) in [6.45, 7) is 2.65. The van der Waals surface area contributed by atoms with Crippen molar-refractivity contribution in [1.29, 1.82) is 0 Å². The molecule has 0 saturated carbocycles. The number of aromatic amines is 1. The molecule has 206 valence electrons. The third kappa shape index (κ3) is 7.00. The molecule has 0 unspecified atom stereocenters. The number of nitrogens with one attached hydrogen (secondary N) is 4. The van der Waals surface area contributed by atoms with Gasteiger partial charge in [0.1, 0.15) is 17.8 Å². The predicted octanol–water partition coefficient (Wildman–Crippen LogP) is 5.38. The minimum Gasteiger partial charge on any atom is -0.346 e. The Kier molecular flexibility index (Phi) is 8.12. The number of carbonyl (C=O) groups is 2. The second kappa shape index (κ2) is 12.2. The lowest BCUT2D eigenvalue weighted by Gasteiger charge is -2.13. The van der Waals surface area contributed by atoms with Crippen LogP contribution in [0.2, 0.25) is 0 Å². The van der Waals surface area contributed by atoms with Gasteiger partial charge in [-0.15, -0.1) is 0 Å². The Morgan fingerprint density at radius 2 is 1.73 bits per heavy atom. The molecule has 0 radical (unpaired) electrons. The van der Waals surface area contributed by atoms with Crippen molar-refractivity contribution in [1.82, 2.24) is 24.8 Å². The van der Waals surface area contributed by atoms with Gasteiger partial charge in [0, 0.05) is 64.7 Å². The third-order valence-corrected chi connectivity index (χ3v) is 6.28. The molecule has 0 aliphatic rings. The maximum Gasteiger partial charge on any atom is 0.255 e. The van der Waals surface area contributed by atoms with E-state index in [9.17, 15) is 9.59 Å². The summed E-state index contributed by atoms with van der Waals surface area (Å²) in [7, 11) is 3.86. The molecule has 41 heavy (non-hydrogen) atoms. The van der Waals surface area contributed by atoms with Crippen molar-refractivity contribution in [2.75, 3.05) is 36.6 Å². The van der Waals surface area contributed by atoms with E-state index >= 15 is 0 Å². The summed E-state index contributed by atoms with van der Waals surface area (Å²) >= 11 is 0. The predicted molar refractivity (Wildman–Crippen MR) is 162 cm³/mol. The molecule has 0 fully saturated rings. The number of aryl methyl sites for hydroxylation is 1. The molecule has 4 N–H and O–H groups in total. The van der Waals surface area contributed by atoms with Gasteiger partial charge in [0.05, 0.1) is 5.69 Å². The molecule has 0 bridgehead atoms. The van der Waals surface area contributed by atoms with Crippen molar-refractivity contribution < 1.29 is 9.59 Å². The van der Waals surface area contributed by atoms with Crippen LogP contribution in [0.5, 0.6) is 0 Å². The first kappa shape index (κ1) is 27.2. The fraction of sp³-hybridized carbons (Fsp3) is 0.129. The van der Waals surface area contributed by atoms with Crippen molar-refractivity contribution in [2.24, 2.45) is 0 Å². The Hall–Kier alpha value is -5.35. The monoisotopic (exact) mass is 546 g/mol. The first-order chi connectivity index (χ1) is 19.8. The van der Waals surface area contributed by atoms with Crippen molar-refractivity contribution in [2.45, 2.75) is 6.92 Å². The topological polar surface area (TPSA) is 128 Å². The highest BCUT2D eigenvalue weighted by molar-refractivity contribution is 6.05. The number of amides is 2. The Balaban J connectivity index is 1.24. The van der Waals surface area contributed by atoms with E-state index in [1.165, 1.54) is 12.4 Å². The zero-order chi connectivity index (χ0) is 28.8. The zero-order valence-electron chi connectivity index (χ0n) is 23.0. The fourth-order valence-electron chi connectivity index (χ4n) is 4.10. The second-order valence-corrected chi connectivity index (χ2v) is 9.77. The minimum absolute atomic E-state index is 0.224. The number of fused-ring (bicyclic) bond motifs is 1. The van der Waals surface area contributed by atoms with E-state index in [0.717, 1.165) is 33.5 Å². The SMILES string of the molecule is Cc1ccc(NC(=O)c2ccc(NC(=O)/C=C/CN(C)C)cc2)cc1Nc1cc(-c2cnc3[nH]ccc3c2)ncn1. The Labute approximate surface area is 237 Å². The highest BCUT2D eigenvalue weighted by Gasteiger charge is 2.10. The van der Waals surface area contributed by atoms with E-state index < -0.39 is 0 Å². The van der Waals surface area contributed by atoms with E-state index in [1.54, 1.807) is 36.5 Å². The Bertz CT molecular complexity index is 1720. The molecular formula is C31H30N8O2. The maximum absolute atomic E-state index is 12.9. The van der Waals surface area contributed by atoms with Crippen LogP contribution in [0.15, 0.2) is 91.5 Å². The number of benzene rings is 2. The molecule has 0 spiro atoms. The fourth-order valence-corrected chi connectivity index (χ4v) is 4.10. The minimum atomic E-state index is -0.263. The van der Waals surface area contributed by atoms with Crippen LogP contribution in [0.3, 0.4) is 0 Å². The normalized spacial score (nSPS) is 11.2. The first-order valence-electron chi connectivity index (χ1n) is 13.0.